The molecule has 0 radical (unpaired) electrons. The first-order valence-electron chi connectivity index (χ1n) is 11.2. The van der Waals surface area contributed by atoms with Crippen molar-refractivity contribution in [1.29, 1.82) is 0 Å². The van der Waals surface area contributed by atoms with E-state index in [1.54, 1.807) is 0 Å². The molecule has 5 heteroatoms. The summed E-state index contributed by atoms with van der Waals surface area (Å²) < 4.78 is 0. The summed E-state index contributed by atoms with van der Waals surface area (Å²) in [7, 11) is 0. The number of amides is 2. The molecule has 0 saturated carbocycles. The van der Waals surface area contributed by atoms with Gasteiger partial charge in [-0.25, -0.2) is 0 Å². The molecule has 0 fully saturated rings. The Morgan fingerprint density at radius 2 is 1.77 bits per heavy atom. The maximum atomic E-state index is 13.1. The van der Waals surface area contributed by atoms with Gasteiger partial charge in [-0.15, -0.1) is 0 Å². The van der Waals surface area contributed by atoms with Gasteiger partial charge in [-0.1, -0.05) is 58.9 Å². The van der Waals surface area contributed by atoms with Crippen molar-refractivity contribution in [1.82, 2.24) is 5.32 Å². The van der Waals surface area contributed by atoms with Gasteiger partial charge in [0.15, 0.2) is 0 Å². The molecule has 5 nitrogen and oxygen atoms in total. The molecule has 0 aromatic heterocycles. The average Bonchev–Trinajstić information content (AvgIpc) is 2.70. The quantitative estimate of drug-likeness (QED) is 0.689. The third kappa shape index (κ3) is 6.33. The number of nitrogens with one attached hydrogen (secondary N) is 2. The third-order valence-corrected chi connectivity index (χ3v) is 5.36. The maximum Gasteiger partial charge on any atom is 0.253 e. The number of fused-ring (bicyclic) bond motifs is 1. The fourth-order valence-corrected chi connectivity index (χ4v) is 3.85. The number of rotatable bonds is 6. The van der Waals surface area contributed by atoms with E-state index in [1.165, 1.54) is 11.1 Å². The normalized spacial score (nSPS) is 13.7. The van der Waals surface area contributed by atoms with Gasteiger partial charge in [-0.2, -0.15) is 0 Å². The van der Waals surface area contributed by atoms with E-state index in [4.69, 9.17) is 0 Å². The van der Waals surface area contributed by atoms with Crippen molar-refractivity contribution in [3.8, 4) is 0 Å². The summed E-state index contributed by atoms with van der Waals surface area (Å²) >= 11 is 0. The number of carbonyl (C=O) groups excluding carboxylic acids is 2. The predicted octanol–water partition coefficient (Wildman–Crippen LogP) is 5.01. The molecular weight excluding hydrogens is 386 g/mol. The molecule has 0 atom stereocenters. The summed E-state index contributed by atoms with van der Waals surface area (Å²) in [4.78, 5) is 27.8. The molecule has 1 heterocycles. The van der Waals surface area contributed by atoms with Crippen LogP contribution in [0.1, 0.15) is 62.5 Å². The SMILES string of the molecule is CC(C)CNC(=O)c1cc(NC(=O)CC(C)(C)C)ccc1N1CCc2ccccc2C1. The van der Waals surface area contributed by atoms with Gasteiger partial charge >= 0.3 is 0 Å². The number of benzene rings is 2. The molecular formula is C26H35N3O2. The first kappa shape index (κ1) is 22.9. The average molecular weight is 422 g/mol. The van der Waals surface area contributed by atoms with Crippen LogP contribution in [0.25, 0.3) is 0 Å². The Morgan fingerprint density at radius 1 is 1.06 bits per heavy atom. The van der Waals surface area contributed by atoms with Crippen LogP contribution >= 0.6 is 0 Å². The van der Waals surface area contributed by atoms with Crippen LogP contribution in [0.3, 0.4) is 0 Å². The van der Waals surface area contributed by atoms with Crippen molar-refractivity contribution >= 4 is 23.2 Å². The minimum absolute atomic E-state index is 0.0410. The van der Waals surface area contributed by atoms with E-state index >= 15 is 0 Å². The molecule has 1 aliphatic heterocycles. The number of anilines is 2. The van der Waals surface area contributed by atoms with Gasteiger partial charge in [0, 0.05) is 37.4 Å². The largest absolute Gasteiger partial charge is 0.366 e. The second-order valence-electron chi connectivity index (χ2n) is 10.1. The highest BCUT2D eigenvalue weighted by atomic mass is 16.2. The highest BCUT2D eigenvalue weighted by molar-refractivity contribution is 6.02. The summed E-state index contributed by atoms with van der Waals surface area (Å²) in [5, 5.41) is 6.00. The Morgan fingerprint density at radius 3 is 2.45 bits per heavy atom. The van der Waals surface area contributed by atoms with Crippen LogP contribution in [-0.2, 0) is 17.8 Å². The van der Waals surface area contributed by atoms with Crippen molar-refractivity contribution in [2.75, 3.05) is 23.3 Å². The van der Waals surface area contributed by atoms with Crippen molar-refractivity contribution in [2.45, 2.75) is 54.0 Å². The second kappa shape index (κ2) is 9.54. The van der Waals surface area contributed by atoms with E-state index in [9.17, 15) is 9.59 Å². The highest BCUT2D eigenvalue weighted by Gasteiger charge is 2.23. The van der Waals surface area contributed by atoms with Crippen molar-refractivity contribution in [2.24, 2.45) is 11.3 Å². The van der Waals surface area contributed by atoms with E-state index in [0.717, 1.165) is 25.2 Å². The molecule has 31 heavy (non-hydrogen) atoms. The lowest BCUT2D eigenvalue weighted by Crippen LogP contribution is -2.34. The van der Waals surface area contributed by atoms with Crippen LogP contribution in [-0.4, -0.2) is 24.9 Å². The molecule has 0 spiro atoms. The van der Waals surface area contributed by atoms with E-state index in [2.05, 4.69) is 53.6 Å². The van der Waals surface area contributed by atoms with Gasteiger partial charge in [0.2, 0.25) is 5.91 Å². The first-order chi connectivity index (χ1) is 14.6. The van der Waals surface area contributed by atoms with E-state index < -0.39 is 0 Å². The minimum atomic E-state index is -0.102. The molecule has 0 bridgehead atoms. The molecule has 2 amide bonds. The zero-order valence-electron chi connectivity index (χ0n) is 19.4. The Kier molecular flexibility index (Phi) is 7.04. The fraction of sp³-hybridized carbons (Fsp3) is 0.462. The van der Waals surface area contributed by atoms with Gasteiger partial charge in [0.25, 0.3) is 5.91 Å². The molecule has 0 saturated heterocycles. The Bertz CT molecular complexity index is 944. The molecule has 0 unspecified atom stereocenters. The molecule has 2 N–H and O–H groups in total. The molecule has 0 aliphatic carbocycles. The van der Waals surface area contributed by atoms with Crippen molar-refractivity contribution < 1.29 is 9.59 Å². The maximum absolute atomic E-state index is 13.1. The van der Waals surface area contributed by atoms with Gasteiger partial charge < -0.3 is 15.5 Å². The van der Waals surface area contributed by atoms with E-state index in [-0.39, 0.29) is 17.2 Å². The molecule has 2 aromatic rings. The lowest BCUT2D eigenvalue weighted by Gasteiger charge is -2.32. The molecule has 1 aliphatic rings. The molecule has 166 valence electrons. The lowest BCUT2D eigenvalue weighted by atomic mass is 9.92. The number of hydrogen-bond donors (Lipinski definition) is 2. The van der Waals surface area contributed by atoms with Gasteiger partial charge in [0.1, 0.15) is 0 Å². The van der Waals surface area contributed by atoms with Gasteiger partial charge in [0.05, 0.1) is 5.56 Å². The van der Waals surface area contributed by atoms with Gasteiger partial charge in [-0.05, 0) is 47.1 Å². The summed E-state index contributed by atoms with van der Waals surface area (Å²) in [5.41, 5.74) is 4.74. The van der Waals surface area contributed by atoms with E-state index in [0.29, 0.717) is 30.1 Å². The lowest BCUT2D eigenvalue weighted by molar-refractivity contribution is -0.117. The number of hydrogen-bond acceptors (Lipinski definition) is 3. The second-order valence-corrected chi connectivity index (χ2v) is 10.1. The van der Waals surface area contributed by atoms with Crippen molar-refractivity contribution in [3.05, 3.63) is 59.2 Å². The smallest absolute Gasteiger partial charge is 0.253 e. The fourth-order valence-electron chi connectivity index (χ4n) is 3.85. The van der Waals surface area contributed by atoms with Crippen LogP contribution in [0.5, 0.6) is 0 Å². The van der Waals surface area contributed by atoms with Crippen LogP contribution in [0, 0.1) is 11.3 Å². The standard InChI is InChI=1S/C26H35N3O2/c1-18(2)16-27-25(31)22-14-21(28-24(30)15-26(3,4)5)10-11-23(22)29-13-12-19-8-6-7-9-20(19)17-29/h6-11,14,18H,12-13,15-17H2,1-5H3,(H,27,31)(H,28,30). The monoisotopic (exact) mass is 421 g/mol. The molecule has 3 rings (SSSR count). The number of nitrogens with zero attached hydrogens (tertiary/aromatic N) is 1. The summed E-state index contributed by atoms with van der Waals surface area (Å²) in [6.45, 7) is 12.5. The highest BCUT2D eigenvalue weighted by Crippen LogP contribution is 2.30. The first-order valence-corrected chi connectivity index (χ1v) is 11.2. The zero-order valence-corrected chi connectivity index (χ0v) is 19.4. The summed E-state index contributed by atoms with van der Waals surface area (Å²) in [6.07, 6.45) is 1.37. The number of carbonyl (C=O) groups is 2. The van der Waals surface area contributed by atoms with Gasteiger partial charge in [-0.3, -0.25) is 9.59 Å². The van der Waals surface area contributed by atoms with Crippen LogP contribution in [0.15, 0.2) is 42.5 Å². The van der Waals surface area contributed by atoms with Crippen LogP contribution in [0.2, 0.25) is 0 Å². The predicted molar refractivity (Wildman–Crippen MR) is 128 cm³/mol. The van der Waals surface area contributed by atoms with E-state index in [1.807, 2.05) is 39.0 Å². The summed E-state index contributed by atoms with van der Waals surface area (Å²) in [5.74, 6) is 0.221. The van der Waals surface area contributed by atoms with Crippen LogP contribution < -0.4 is 15.5 Å². The Labute approximate surface area is 186 Å². The topological polar surface area (TPSA) is 61.4 Å². The molecule has 2 aromatic carbocycles. The minimum Gasteiger partial charge on any atom is -0.366 e. The van der Waals surface area contributed by atoms with Crippen molar-refractivity contribution in [3.63, 3.8) is 0 Å². The Hall–Kier alpha value is -2.82. The Balaban J connectivity index is 1.87. The zero-order chi connectivity index (χ0) is 22.6. The van der Waals surface area contributed by atoms with Crippen LogP contribution in [0.4, 0.5) is 11.4 Å². The third-order valence-electron chi connectivity index (χ3n) is 5.36. The summed E-state index contributed by atoms with van der Waals surface area (Å²) in [6, 6.07) is 14.1.